The number of piperidine rings is 1. The van der Waals surface area contributed by atoms with Gasteiger partial charge in [0.25, 0.3) is 5.91 Å². The zero-order valence-electron chi connectivity index (χ0n) is 12.1. The molecule has 1 aromatic rings. The van der Waals surface area contributed by atoms with Crippen molar-refractivity contribution in [2.24, 2.45) is 5.92 Å². The van der Waals surface area contributed by atoms with E-state index in [1.54, 1.807) is 0 Å². The van der Waals surface area contributed by atoms with Crippen molar-refractivity contribution in [3.63, 3.8) is 0 Å². The van der Waals surface area contributed by atoms with E-state index in [2.05, 4.69) is 14.9 Å². The number of likely N-dealkylation sites (tertiary alicyclic amines) is 1. The van der Waals surface area contributed by atoms with Crippen LogP contribution in [-0.2, 0) is 6.42 Å². The number of carbonyl (C=O) groups excluding carboxylic acids is 1. The second-order valence-electron chi connectivity index (χ2n) is 5.03. The first-order valence-corrected chi connectivity index (χ1v) is 7.78. The molecule has 0 spiro atoms. The number of aryl methyl sites for hydroxylation is 1. The first kappa shape index (κ1) is 17.3. The maximum Gasteiger partial charge on any atom is 0.267 e. The molecule has 1 aliphatic rings. The van der Waals surface area contributed by atoms with Crippen LogP contribution in [0.2, 0.25) is 0 Å². The molecule has 0 bridgehead atoms. The number of aromatic nitrogens is 2. The van der Waals surface area contributed by atoms with Gasteiger partial charge in [-0.15, -0.1) is 17.5 Å². The van der Waals surface area contributed by atoms with Crippen LogP contribution in [0.5, 0.6) is 0 Å². The van der Waals surface area contributed by atoms with E-state index in [0.29, 0.717) is 0 Å². The largest absolute Gasteiger partial charge is 0.338 e. The van der Waals surface area contributed by atoms with Gasteiger partial charge in [-0.25, -0.2) is 0 Å². The Morgan fingerprint density at radius 1 is 1.45 bits per heavy atom. The predicted octanol–water partition coefficient (Wildman–Crippen LogP) is 1.98. The summed E-state index contributed by atoms with van der Waals surface area (Å²) in [5.41, 5.74) is 0.840. The van der Waals surface area contributed by atoms with E-state index in [4.69, 9.17) is 0 Å². The van der Waals surface area contributed by atoms with Crippen LogP contribution < -0.4 is 5.32 Å². The van der Waals surface area contributed by atoms with Crippen molar-refractivity contribution in [3.05, 3.63) is 10.6 Å². The number of carbonyl (C=O) groups is 1. The third-order valence-corrected chi connectivity index (χ3v) is 4.55. The molecule has 114 valence electrons. The van der Waals surface area contributed by atoms with E-state index in [1.807, 2.05) is 18.9 Å². The molecule has 0 atom stereocenters. The molecule has 0 saturated carbocycles. The Morgan fingerprint density at radius 3 is 2.75 bits per heavy atom. The number of halogens is 1. The lowest BCUT2D eigenvalue weighted by Crippen LogP contribution is -2.39. The third-order valence-electron chi connectivity index (χ3n) is 3.79. The van der Waals surface area contributed by atoms with Gasteiger partial charge in [0.15, 0.2) is 0 Å². The van der Waals surface area contributed by atoms with Crippen LogP contribution in [0.1, 0.15) is 41.6 Å². The van der Waals surface area contributed by atoms with Gasteiger partial charge in [0.2, 0.25) is 0 Å². The summed E-state index contributed by atoms with van der Waals surface area (Å²) in [6.07, 6.45) is 4.21. The molecule has 5 nitrogen and oxygen atoms in total. The highest BCUT2D eigenvalue weighted by Crippen LogP contribution is 2.23. The Kier molecular flexibility index (Phi) is 7.40. The molecule has 1 fully saturated rings. The fourth-order valence-electron chi connectivity index (χ4n) is 2.52. The molecular formula is C13H23ClN4OS. The standard InChI is InChI=1S/C13H22N4OS.ClH/c1-3-11-12(19-16-15-11)13(18)17-8-5-10(6-9-17)4-7-14-2;/h10,14H,3-9H2,1-2H3;1H. The summed E-state index contributed by atoms with van der Waals surface area (Å²) >= 11 is 1.23. The van der Waals surface area contributed by atoms with Crippen molar-refractivity contribution in [3.8, 4) is 0 Å². The molecule has 0 unspecified atom stereocenters. The van der Waals surface area contributed by atoms with E-state index < -0.39 is 0 Å². The second-order valence-corrected chi connectivity index (χ2v) is 5.78. The Labute approximate surface area is 130 Å². The molecule has 1 N–H and O–H groups in total. The lowest BCUT2D eigenvalue weighted by Gasteiger charge is -2.31. The molecule has 0 aliphatic carbocycles. The summed E-state index contributed by atoms with van der Waals surface area (Å²) < 4.78 is 3.90. The van der Waals surface area contributed by atoms with Crippen molar-refractivity contribution >= 4 is 29.8 Å². The Morgan fingerprint density at radius 2 is 2.15 bits per heavy atom. The molecule has 0 radical (unpaired) electrons. The van der Waals surface area contributed by atoms with Crippen molar-refractivity contribution < 1.29 is 4.79 Å². The molecule has 1 aromatic heterocycles. The molecule has 20 heavy (non-hydrogen) atoms. The maximum absolute atomic E-state index is 12.4. The molecular weight excluding hydrogens is 296 g/mol. The summed E-state index contributed by atoms with van der Waals surface area (Å²) in [4.78, 5) is 15.1. The first-order chi connectivity index (χ1) is 9.26. The van der Waals surface area contributed by atoms with Gasteiger partial charge in [0, 0.05) is 13.1 Å². The number of hydrogen-bond acceptors (Lipinski definition) is 5. The lowest BCUT2D eigenvalue weighted by atomic mass is 9.93. The number of hydrogen-bond donors (Lipinski definition) is 1. The number of nitrogens with one attached hydrogen (secondary N) is 1. The van der Waals surface area contributed by atoms with Crippen LogP contribution in [0.4, 0.5) is 0 Å². The van der Waals surface area contributed by atoms with Crippen molar-refractivity contribution in [2.45, 2.75) is 32.6 Å². The maximum atomic E-state index is 12.4. The van der Waals surface area contributed by atoms with Gasteiger partial charge in [-0.05, 0) is 56.7 Å². The third kappa shape index (κ3) is 4.14. The fraction of sp³-hybridized carbons (Fsp3) is 0.769. The molecule has 2 rings (SSSR count). The Balaban J connectivity index is 0.00000200. The molecule has 2 heterocycles. The SMILES string of the molecule is CCc1nnsc1C(=O)N1CCC(CCNC)CC1.Cl. The molecule has 1 saturated heterocycles. The summed E-state index contributed by atoms with van der Waals surface area (Å²) in [5.74, 6) is 0.876. The minimum absolute atomic E-state index is 0. The second kappa shape index (κ2) is 8.54. The van der Waals surface area contributed by atoms with Crippen LogP contribution in [0.15, 0.2) is 0 Å². The average Bonchev–Trinajstić information content (AvgIpc) is 2.93. The van der Waals surface area contributed by atoms with Crippen LogP contribution in [-0.4, -0.2) is 47.1 Å². The van der Waals surface area contributed by atoms with Crippen LogP contribution >= 0.6 is 23.9 Å². The van der Waals surface area contributed by atoms with Crippen molar-refractivity contribution in [2.75, 3.05) is 26.7 Å². The van der Waals surface area contributed by atoms with Crippen LogP contribution in [0.3, 0.4) is 0 Å². The molecule has 0 aromatic carbocycles. The van der Waals surface area contributed by atoms with Gasteiger partial charge < -0.3 is 10.2 Å². The smallest absolute Gasteiger partial charge is 0.267 e. The van der Waals surface area contributed by atoms with Gasteiger partial charge in [0.05, 0.1) is 5.69 Å². The minimum Gasteiger partial charge on any atom is -0.338 e. The highest BCUT2D eigenvalue weighted by Gasteiger charge is 2.26. The Hall–Kier alpha value is -0.720. The lowest BCUT2D eigenvalue weighted by molar-refractivity contribution is 0.0691. The monoisotopic (exact) mass is 318 g/mol. The number of nitrogens with zero attached hydrogens (tertiary/aromatic N) is 3. The van der Waals surface area contributed by atoms with E-state index in [0.717, 1.165) is 55.4 Å². The van der Waals surface area contributed by atoms with Crippen LogP contribution in [0, 0.1) is 5.92 Å². The van der Waals surface area contributed by atoms with Crippen molar-refractivity contribution in [1.82, 2.24) is 19.8 Å². The summed E-state index contributed by atoms with van der Waals surface area (Å²) in [6.45, 7) is 4.82. The average molecular weight is 319 g/mol. The molecule has 7 heteroatoms. The van der Waals surface area contributed by atoms with Crippen LogP contribution in [0.25, 0.3) is 0 Å². The van der Waals surface area contributed by atoms with Gasteiger partial charge in [-0.1, -0.05) is 11.4 Å². The summed E-state index contributed by atoms with van der Waals surface area (Å²) in [5, 5.41) is 7.21. The summed E-state index contributed by atoms with van der Waals surface area (Å²) in [6, 6.07) is 0. The van der Waals surface area contributed by atoms with Gasteiger partial charge in [-0.2, -0.15) is 0 Å². The van der Waals surface area contributed by atoms with Gasteiger partial charge in [-0.3, -0.25) is 4.79 Å². The topological polar surface area (TPSA) is 58.1 Å². The molecule has 1 amide bonds. The summed E-state index contributed by atoms with van der Waals surface area (Å²) in [7, 11) is 1.99. The number of rotatable bonds is 5. The minimum atomic E-state index is 0. The zero-order chi connectivity index (χ0) is 13.7. The number of amides is 1. The predicted molar refractivity (Wildman–Crippen MR) is 83.7 cm³/mol. The Bertz CT molecular complexity index is 418. The molecule has 1 aliphatic heterocycles. The normalized spacial score (nSPS) is 16.0. The van der Waals surface area contributed by atoms with E-state index in [-0.39, 0.29) is 18.3 Å². The van der Waals surface area contributed by atoms with E-state index >= 15 is 0 Å². The first-order valence-electron chi connectivity index (χ1n) is 7.01. The highest BCUT2D eigenvalue weighted by atomic mass is 35.5. The zero-order valence-corrected chi connectivity index (χ0v) is 13.7. The quantitative estimate of drug-likeness (QED) is 0.902. The van der Waals surface area contributed by atoms with Gasteiger partial charge in [0.1, 0.15) is 4.88 Å². The van der Waals surface area contributed by atoms with E-state index in [1.165, 1.54) is 18.0 Å². The van der Waals surface area contributed by atoms with Crippen molar-refractivity contribution in [1.29, 1.82) is 0 Å². The highest BCUT2D eigenvalue weighted by molar-refractivity contribution is 7.08. The van der Waals surface area contributed by atoms with E-state index in [9.17, 15) is 4.79 Å². The fourth-order valence-corrected chi connectivity index (χ4v) is 3.24. The van der Waals surface area contributed by atoms with Gasteiger partial charge >= 0.3 is 0 Å².